The molecule has 4 rings (SSSR count). The van der Waals surface area contributed by atoms with Gasteiger partial charge in [0.2, 0.25) is 0 Å². The van der Waals surface area contributed by atoms with Crippen LogP contribution < -0.4 is 29.1 Å². The predicted octanol–water partition coefficient (Wildman–Crippen LogP) is 2.99. The van der Waals surface area contributed by atoms with E-state index in [1.165, 1.54) is 23.0 Å². The summed E-state index contributed by atoms with van der Waals surface area (Å²) in [6, 6.07) is 12.0. The molecule has 0 bridgehead atoms. The third-order valence-corrected chi connectivity index (χ3v) is 6.68. The second-order valence-electron chi connectivity index (χ2n) is 7.86. The highest BCUT2D eigenvalue weighted by molar-refractivity contribution is 7.07. The lowest BCUT2D eigenvalue weighted by atomic mass is 9.96. The number of ether oxygens (including phenoxy) is 4. The van der Waals surface area contributed by atoms with Crippen LogP contribution in [0.4, 0.5) is 0 Å². The Labute approximate surface area is 212 Å². The molecule has 36 heavy (non-hydrogen) atoms. The van der Waals surface area contributed by atoms with Crippen molar-refractivity contribution < 1.29 is 23.7 Å². The molecule has 9 heteroatoms. The maximum Gasteiger partial charge on any atom is 0.338 e. The van der Waals surface area contributed by atoms with E-state index in [1.807, 2.05) is 18.2 Å². The normalized spacial score (nSPS) is 15.1. The van der Waals surface area contributed by atoms with Crippen molar-refractivity contribution in [2.45, 2.75) is 13.0 Å². The number of carbonyl (C=O) groups excluding carboxylic acids is 1. The molecule has 0 radical (unpaired) electrons. The molecule has 1 unspecified atom stereocenters. The topological polar surface area (TPSA) is 88.4 Å². The number of fused-ring (bicyclic) bond motifs is 1. The van der Waals surface area contributed by atoms with E-state index in [9.17, 15) is 9.59 Å². The Morgan fingerprint density at radius 1 is 1.11 bits per heavy atom. The van der Waals surface area contributed by atoms with E-state index in [2.05, 4.69) is 11.6 Å². The van der Waals surface area contributed by atoms with Crippen LogP contribution in [0.25, 0.3) is 6.08 Å². The van der Waals surface area contributed by atoms with Gasteiger partial charge in [-0.05, 0) is 48.4 Å². The molecule has 1 aliphatic rings. The standard InChI is InChI=1S/C27H26N2O6S/c1-6-13-35-20-12-7-17(14-21(20)33-4)15-22-25(30)29-24(18-8-10-19(32-3)11-9-18)23(26(31)34-5)16(2)28-27(29)36-22/h6-12,14-15,24H,1,13H2,2-5H3. The van der Waals surface area contributed by atoms with Crippen molar-refractivity contribution in [3.8, 4) is 17.2 Å². The highest BCUT2D eigenvalue weighted by atomic mass is 32.1. The van der Waals surface area contributed by atoms with Crippen molar-refractivity contribution in [1.29, 1.82) is 0 Å². The fraction of sp³-hybridized carbons (Fsp3) is 0.222. The molecule has 1 atom stereocenters. The molecule has 0 spiro atoms. The number of nitrogens with zero attached hydrogens (tertiary/aromatic N) is 2. The van der Waals surface area contributed by atoms with Gasteiger partial charge in [0.25, 0.3) is 5.56 Å². The number of allylic oxidation sites excluding steroid dienone is 1. The maximum absolute atomic E-state index is 13.7. The highest BCUT2D eigenvalue weighted by Gasteiger charge is 2.33. The minimum Gasteiger partial charge on any atom is -0.497 e. The van der Waals surface area contributed by atoms with Gasteiger partial charge >= 0.3 is 5.97 Å². The number of rotatable bonds is 8. The Bertz CT molecular complexity index is 1520. The van der Waals surface area contributed by atoms with Crippen LogP contribution in [-0.2, 0) is 9.53 Å². The SMILES string of the molecule is C=CCOc1ccc(C=c2sc3n(c2=O)C(c2ccc(OC)cc2)C(C(=O)OC)=C(C)N=3)cc1OC. The molecule has 0 aliphatic carbocycles. The van der Waals surface area contributed by atoms with Crippen molar-refractivity contribution >= 4 is 23.4 Å². The summed E-state index contributed by atoms with van der Waals surface area (Å²) in [6.45, 7) is 5.75. The number of carbonyl (C=O) groups is 1. The van der Waals surface area contributed by atoms with E-state index < -0.39 is 12.0 Å². The molecule has 0 N–H and O–H groups in total. The fourth-order valence-corrected chi connectivity index (χ4v) is 5.03. The summed E-state index contributed by atoms with van der Waals surface area (Å²) < 4.78 is 23.4. The fourth-order valence-electron chi connectivity index (χ4n) is 3.99. The van der Waals surface area contributed by atoms with E-state index >= 15 is 0 Å². The number of aromatic nitrogens is 1. The Balaban J connectivity index is 1.87. The monoisotopic (exact) mass is 506 g/mol. The molecular weight excluding hydrogens is 480 g/mol. The van der Waals surface area contributed by atoms with E-state index in [4.69, 9.17) is 18.9 Å². The van der Waals surface area contributed by atoms with Gasteiger partial charge in [0, 0.05) is 0 Å². The van der Waals surface area contributed by atoms with Crippen molar-refractivity contribution in [1.82, 2.24) is 4.57 Å². The lowest BCUT2D eigenvalue weighted by molar-refractivity contribution is -0.136. The van der Waals surface area contributed by atoms with E-state index in [1.54, 1.807) is 57.6 Å². The number of hydrogen-bond donors (Lipinski definition) is 0. The number of hydrogen-bond acceptors (Lipinski definition) is 8. The maximum atomic E-state index is 13.7. The molecule has 2 aromatic carbocycles. The van der Waals surface area contributed by atoms with Crippen LogP contribution in [0.15, 0.2) is 76.2 Å². The molecule has 0 fully saturated rings. The molecule has 2 heterocycles. The zero-order valence-electron chi connectivity index (χ0n) is 20.4. The summed E-state index contributed by atoms with van der Waals surface area (Å²) in [4.78, 5) is 31.5. The average molecular weight is 507 g/mol. The van der Waals surface area contributed by atoms with E-state index in [0.29, 0.717) is 44.5 Å². The molecular formula is C27H26N2O6S. The number of benzene rings is 2. The molecule has 0 amide bonds. The van der Waals surface area contributed by atoms with Gasteiger partial charge in [-0.2, -0.15) is 0 Å². The Kier molecular flexibility index (Phi) is 7.40. The molecule has 1 aliphatic heterocycles. The lowest BCUT2D eigenvalue weighted by Crippen LogP contribution is -2.39. The van der Waals surface area contributed by atoms with E-state index in [-0.39, 0.29) is 5.56 Å². The first-order chi connectivity index (χ1) is 17.4. The first-order valence-corrected chi connectivity index (χ1v) is 11.9. The quantitative estimate of drug-likeness (QED) is 0.345. The largest absolute Gasteiger partial charge is 0.497 e. The predicted molar refractivity (Wildman–Crippen MR) is 137 cm³/mol. The molecule has 0 saturated carbocycles. The summed E-state index contributed by atoms with van der Waals surface area (Å²) in [7, 11) is 4.45. The van der Waals surface area contributed by atoms with Gasteiger partial charge in [0.15, 0.2) is 16.3 Å². The van der Waals surface area contributed by atoms with E-state index in [0.717, 1.165) is 11.1 Å². The van der Waals surface area contributed by atoms with Crippen LogP contribution in [0.3, 0.4) is 0 Å². The molecule has 8 nitrogen and oxygen atoms in total. The third kappa shape index (κ3) is 4.70. The molecule has 1 aromatic heterocycles. The first kappa shape index (κ1) is 25.0. The Hall–Kier alpha value is -4.11. The van der Waals surface area contributed by atoms with Crippen LogP contribution >= 0.6 is 11.3 Å². The minimum absolute atomic E-state index is 0.264. The van der Waals surface area contributed by atoms with Gasteiger partial charge in [-0.1, -0.05) is 42.2 Å². The Morgan fingerprint density at radius 3 is 2.50 bits per heavy atom. The smallest absolute Gasteiger partial charge is 0.338 e. The van der Waals surface area contributed by atoms with Gasteiger partial charge in [-0.15, -0.1) is 0 Å². The summed E-state index contributed by atoms with van der Waals surface area (Å²) in [6.07, 6.45) is 3.42. The molecule has 186 valence electrons. The summed E-state index contributed by atoms with van der Waals surface area (Å²) in [5, 5.41) is 0. The first-order valence-electron chi connectivity index (χ1n) is 11.1. The minimum atomic E-state index is -0.689. The van der Waals surface area contributed by atoms with Gasteiger partial charge in [-0.25, -0.2) is 9.79 Å². The van der Waals surface area contributed by atoms with Crippen molar-refractivity contribution in [3.63, 3.8) is 0 Å². The van der Waals surface area contributed by atoms with Crippen molar-refractivity contribution in [2.75, 3.05) is 27.9 Å². The average Bonchev–Trinajstić information content (AvgIpc) is 3.20. The zero-order valence-corrected chi connectivity index (χ0v) is 21.3. The van der Waals surface area contributed by atoms with Gasteiger partial charge < -0.3 is 18.9 Å². The molecule has 3 aromatic rings. The summed E-state index contributed by atoms with van der Waals surface area (Å²) in [5.41, 5.74) is 2.05. The highest BCUT2D eigenvalue weighted by Crippen LogP contribution is 2.32. The number of thiazole rings is 1. The van der Waals surface area contributed by atoms with Crippen LogP contribution in [-0.4, -0.2) is 38.5 Å². The van der Waals surface area contributed by atoms with Crippen molar-refractivity contribution in [2.24, 2.45) is 4.99 Å². The van der Waals surface area contributed by atoms with Crippen LogP contribution in [0, 0.1) is 0 Å². The van der Waals surface area contributed by atoms with Crippen LogP contribution in [0.1, 0.15) is 24.1 Å². The Morgan fingerprint density at radius 2 is 1.86 bits per heavy atom. The van der Waals surface area contributed by atoms with Crippen LogP contribution in [0.5, 0.6) is 17.2 Å². The lowest BCUT2D eigenvalue weighted by Gasteiger charge is -2.24. The van der Waals surface area contributed by atoms with Gasteiger partial charge in [0.1, 0.15) is 12.4 Å². The second-order valence-corrected chi connectivity index (χ2v) is 8.87. The summed E-state index contributed by atoms with van der Waals surface area (Å²) >= 11 is 1.25. The number of methoxy groups -OCH3 is 3. The zero-order chi connectivity index (χ0) is 25.8. The third-order valence-electron chi connectivity index (χ3n) is 5.70. The summed E-state index contributed by atoms with van der Waals surface area (Å²) in [5.74, 6) is 1.25. The number of esters is 1. The second kappa shape index (κ2) is 10.7. The van der Waals surface area contributed by atoms with Crippen LogP contribution in [0.2, 0.25) is 0 Å². The van der Waals surface area contributed by atoms with Gasteiger partial charge in [0.05, 0.1) is 43.2 Å². The van der Waals surface area contributed by atoms with Crippen molar-refractivity contribution in [3.05, 3.63) is 97.2 Å². The van der Waals surface area contributed by atoms with Gasteiger partial charge in [-0.3, -0.25) is 9.36 Å². The molecule has 0 saturated heterocycles.